The lowest BCUT2D eigenvalue weighted by Crippen LogP contribution is -2.25. The maximum atomic E-state index is 9.91. The average molecular weight is 603 g/mol. The summed E-state index contributed by atoms with van der Waals surface area (Å²) in [7, 11) is 0. The quantitative estimate of drug-likeness (QED) is 0.135. The van der Waals surface area contributed by atoms with Crippen LogP contribution in [-0.4, -0.2) is 18.7 Å². The molecular weight excluding hydrogens is 561 g/mol. The van der Waals surface area contributed by atoms with Gasteiger partial charge in [0.05, 0.1) is 0 Å². The highest BCUT2D eigenvalue weighted by molar-refractivity contribution is 7.18. The van der Waals surface area contributed by atoms with Gasteiger partial charge in [-0.15, -0.1) is 11.3 Å². The van der Waals surface area contributed by atoms with E-state index in [1.54, 1.807) is 11.3 Å². The third kappa shape index (κ3) is 7.60. The van der Waals surface area contributed by atoms with E-state index in [9.17, 15) is 15.8 Å². The van der Waals surface area contributed by atoms with Gasteiger partial charge in [0.1, 0.15) is 29.4 Å². The minimum Gasteiger partial charge on any atom is -0.480 e. The van der Waals surface area contributed by atoms with Crippen molar-refractivity contribution in [1.82, 2.24) is 0 Å². The molecule has 6 heteroatoms. The fourth-order valence-electron chi connectivity index (χ4n) is 5.79. The van der Waals surface area contributed by atoms with Crippen LogP contribution >= 0.6 is 11.3 Å². The second kappa shape index (κ2) is 15.4. The van der Waals surface area contributed by atoms with E-state index in [0.717, 1.165) is 29.1 Å². The number of thiophene rings is 1. The molecule has 5 nitrogen and oxygen atoms in total. The number of nitrogens with zero attached hydrogens (tertiary/aromatic N) is 4. The first kappa shape index (κ1) is 32.6. The van der Waals surface area contributed by atoms with Crippen LogP contribution in [-0.2, 0) is 4.74 Å². The van der Waals surface area contributed by atoms with Gasteiger partial charge in [-0.1, -0.05) is 88.8 Å². The number of hydrogen-bond acceptors (Lipinski definition) is 6. The van der Waals surface area contributed by atoms with Crippen LogP contribution in [0.25, 0.3) is 26.5 Å². The molecular formula is C38H42N4OS. The Balaban J connectivity index is 1.52. The molecule has 0 fully saturated rings. The van der Waals surface area contributed by atoms with Crippen LogP contribution in [0, 0.1) is 34.0 Å². The van der Waals surface area contributed by atoms with Crippen LogP contribution < -0.4 is 4.90 Å². The summed E-state index contributed by atoms with van der Waals surface area (Å²) in [6, 6.07) is 27.4. The predicted molar refractivity (Wildman–Crippen MR) is 182 cm³/mol. The van der Waals surface area contributed by atoms with E-state index >= 15 is 0 Å². The standard InChI is InChI=1S/C38H42N4OS/c1-5-7-9-11-23-42(24-12-10-8-6-2)32-19-17-29(18-20-32)35-22-21-34(44-35)28-13-15-30(16-14-28)36-33(27-41)37(31(25-39)26-40)43-38(36,3)4/h13-22H,5-12,23-24H2,1-4H3. The molecule has 1 aliphatic heterocycles. The lowest BCUT2D eigenvalue weighted by Gasteiger charge is -2.25. The van der Waals surface area contributed by atoms with Crippen LogP contribution in [0.15, 0.2) is 77.6 Å². The van der Waals surface area contributed by atoms with Gasteiger partial charge in [-0.2, -0.15) is 15.8 Å². The van der Waals surface area contributed by atoms with Gasteiger partial charge in [0.2, 0.25) is 0 Å². The Hall–Kier alpha value is -4.31. The zero-order chi connectivity index (χ0) is 31.5. The number of hydrogen-bond donors (Lipinski definition) is 0. The molecule has 0 N–H and O–H groups in total. The topological polar surface area (TPSA) is 83.8 Å². The van der Waals surface area contributed by atoms with Crippen molar-refractivity contribution in [2.75, 3.05) is 18.0 Å². The fraction of sp³-hybridized carbons (Fsp3) is 0.395. The smallest absolute Gasteiger partial charge is 0.172 e. The van der Waals surface area contributed by atoms with E-state index in [1.165, 1.54) is 67.5 Å². The Kier molecular flexibility index (Phi) is 11.4. The van der Waals surface area contributed by atoms with Gasteiger partial charge in [0.25, 0.3) is 0 Å². The molecule has 0 aliphatic carbocycles. The molecule has 0 spiro atoms. The molecule has 0 saturated carbocycles. The molecule has 226 valence electrons. The van der Waals surface area contributed by atoms with Crippen molar-refractivity contribution in [3.63, 3.8) is 0 Å². The molecule has 0 amide bonds. The van der Waals surface area contributed by atoms with Gasteiger partial charge in [0, 0.05) is 34.1 Å². The first-order chi connectivity index (χ1) is 21.4. The number of unbranched alkanes of at least 4 members (excludes halogenated alkanes) is 6. The van der Waals surface area contributed by atoms with Crippen LogP contribution in [0.1, 0.15) is 84.6 Å². The highest BCUT2D eigenvalue weighted by atomic mass is 32.1. The zero-order valence-corrected chi connectivity index (χ0v) is 27.3. The lowest BCUT2D eigenvalue weighted by atomic mass is 9.88. The Bertz CT molecular complexity index is 1580. The van der Waals surface area contributed by atoms with Crippen molar-refractivity contribution in [1.29, 1.82) is 15.8 Å². The summed E-state index contributed by atoms with van der Waals surface area (Å²) in [5, 5.41) is 28.6. The fourth-order valence-corrected chi connectivity index (χ4v) is 6.80. The Morgan fingerprint density at radius 2 is 1.20 bits per heavy atom. The van der Waals surface area contributed by atoms with E-state index in [1.807, 2.05) is 38.1 Å². The third-order valence-electron chi connectivity index (χ3n) is 8.14. The Morgan fingerprint density at radius 3 is 1.68 bits per heavy atom. The van der Waals surface area contributed by atoms with Crippen molar-refractivity contribution >= 4 is 22.6 Å². The molecule has 0 atom stereocenters. The van der Waals surface area contributed by atoms with E-state index in [0.29, 0.717) is 5.57 Å². The summed E-state index contributed by atoms with van der Waals surface area (Å²) < 4.78 is 5.95. The van der Waals surface area contributed by atoms with Crippen LogP contribution in [0.4, 0.5) is 5.69 Å². The van der Waals surface area contributed by atoms with E-state index in [-0.39, 0.29) is 16.9 Å². The summed E-state index contributed by atoms with van der Waals surface area (Å²) in [4.78, 5) is 4.96. The first-order valence-corrected chi connectivity index (χ1v) is 16.6. The molecule has 1 aliphatic rings. The van der Waals surface area contributed by atoms with E-state index in [2.05, 4.69) is 73.3 Å². The Morgan fingerprint density at radius 1 is 0.705 bits per heavy atom. The number of benzene rings is 2. The molecule has 0 unspecified atom stereocenters. The number of rotatable bonds is 14. The van der Waals surface area contributed by atoms with Gasteiger partial charge in [-0.25, -0.2) is 0 Å². The largest absolute Gasteiger partial charge is 0.480 e. The SMILES string of the molecule is CCCCCCN(CCCCCC)c1ccc(-c2ccc(-c3ccc(C4=C(C#N)C(=C(C#N)C#N)OC4(C)C)cc3)s2)cc1. The zero-order valence-electron chi connectivity index (χ0n) is 26.4. The molecule has 0 radical (unpaired) electrons. The van der Waals surface area contributed by atoms with Gasteiger partial charge in [0.15, 0.2) is 11.3 Å². The average Bonchev–Trinajstić information content (AvgIpc) is 3.63. The molecule has 4 rings (SSSR count). The molecule has 44 heavy (non-hydrogen) atoms. The van der Waals surface area contributed by atoms with Crippen LogP contribution in [0.3, 0.4) is 0 Å². The second-order valence-corrected chi connectivity index (χ2v) is 12.9. The molecule has 2 heterocycles. The minimum absolute atomic E-state index is 0.0617. The highest BCUT2D eigenvalue weighted by Gasteiger charge is 2.40. The monoisotopic (exact) mass is 602 g/mol. The van der Waals surface area contributed by atoms with Gasteiger partial charge >= 0.3 is 0 Å². The van der Waals surface area contributed by atoms with Crippen molar-refractivity contribution in [3.8, 4) is 39.1 Å². The molecule has 2 aromatic carbocycles. The van der Waals surface area contributed by atoms with Crippen molar-refractivity contribution in [2.45, 2.75) is 84.7 Å². The van der Waals surface area contributed by atoms with E-state index < -0.39 is 5.60 Å². The van der Waals surface area contributed by atoms with Crippen molar-refractivity contribution in [3.05, 3.63) is 83.1 Å². The summed E-state index contributed by atoms with van der Waals surface area (Å²) in [5.41, 5.74) is 4.35. The summed E-state index contributed by atoms with van der Waals surface area (Å²) in [6.45, 7) is 10.5. The Labute approximate surface area is 267 Å². The maximum absolute atomic E-state index is 9.91. The number of allylic oxidation sites excluding steroid dienone is 2. The molecule has 0 bridgehead atoms. The van der Waals surface area contributed by atoms with Gasteiger partial charge < -0.3 is 9.64 Å². The minimum atomic E-state index is -0.844. The number of ether oxygens (including phenoxy) is 1. The second-order valence-electron chi connectivity index (χ2n) is 11.8. The van der Waals surface area contributed by atoms with Crippen LogP contribution in [0.5, 0.6) is 0 Å². The van der Waals surface area contributed by atoms with Crippen LogP contribution in [0.2, 0.25) is 0 Å². The summed E-state index contributed by atoms with van der Waals surface area (Å²) in [6.07, 6.45) is 10.2. The maximum Gasteiger partial charge on any atom is 0.172 e. The highest BCUT2D eigenvalue weighted by Crippen LogP contribution is 2.45. The molecule has 1 aromatic heterocycles. The summed E-state index contributed by atoms with van der Waals surface area (Å²) in [5.74, 6) is 0.0617. The number of nitriles is 3. The molecule has 3 aromatic rings. The van der Waals surface area contributed by atoms with Gasteiger partial charge in [-0.3, -0.25) is 0 Å². The first-order valence-electron chi connectivity index (χ1n) is 15.8. The van der Waals surface area contributed by atoms with Crippen molar-refractivity contribution in [2.24, 2.45) is 0 Å². The van der Waals surface area contributed by atoms with E-state index in [4.69, 9.17) is 4.74 Å². The predicted octanol–water partition coefficient (Wildman–Crippen LogP) is 10.4. The summed E-state index contributed by atoms with van der Waals surface area (Å²) >= 11 is 1.76. The normalized spacial score (nSPS) is 13.6. The lowest BCUT2D eigenvalue weighted by molar-refractivity contribution is 0.109. The van der Waals surface area contributed by atoms with Gasteiger partial charge in [-0.05, 0) is 67.6 Å². The molecule has 0 saturated heterocycles. The number of anilines is 1. The van der Waals surface area contributed by atoms with Crippen molar-refractivity contribution < 1.29 is 4.74 Å². The third-order valence-corrected chi connectivity index (χ3v) is 9.33.